The fourth-order valence-electron chi connectivity index (χ4n) is 11.7. The van der Waals surface area contributed by atoms with E-state index >= 15 is 0 Å². The van der Waals surface area contributed by atoms with E-state index in [-0.39, 0.29) is 0 Å². The second-order valence-electron chi connectivity index (χ2n) is 17.3. The molecule has 6 nitrogen and oxygen atoms in total. The lowest BCUT2D eigenvalue weighted by molar-refractivity contribution is -0.534. The Morgan fingerprint density at radius 1 is 0.406 bits per heavy atom. The first kappa shape index (κ1) is 36.5. The lowest BCUT2D eigenvalue weighted by atomic mass is 9.65. The third-order valence-electron chi connectivity index (χ3n) is 14.1. The molecular weight excluding hydrogens is 781 g/mol. The van der Waals surface area contributed by atoms with Gasteiger partial charge in [-0.25, -0.2) is 0 Å². The molecule has 64 heavy (non-hydrogen) atoms. The van der Waals surface area contributed by atoms with Gasteiger partial charge in [-0.05, 0) is 93.4 Å². The zero-order valence-electron chi connectivity index (χ0n) is 35.3. The Morgan fingerprint density at radius 3 is 1.50 bits per heavy atom. The van der Waals surface area contributed by atoms with Gasteiger partial charge < -0.3 is 0 Å². The third-order valence-corrected chi connectivity index (χ3v) is 14.1. The Balaban J connectivity index is 1.14. The number of hydrogen-bond donors (Lipinski definition) is 0. The van der Waals surface area contributed by atoms with Gasteiger partial charge in [0.2, 0.25) is 12.4 Å². The molecule has 5 heterocycles. The van der Waals surface area contributed by atoms with E-state index in [4.69, 9.17) is 19.9 Å². The van der Waals surface area contributed by atoms with Crippen molar-refractivity contribution >= 4 is 6.01 Å². The van der Waals surface area contributed by atoms with Crippen LogP contribution in [0.1, 0.15) is 67.3 Å². The van der Waals surface area contributed by atoms with Crippen molar-refractivity contribution in [3.05, 3.63) is 274 Å². The van der Waals surface area contributed by atoms with Crippen molar-refractivity contribution in [1.82, 2.24) is 19.9 Å². The van der Waals surface area contributed by atoms with Crippen LogP contribution in [0.25, 0.3) is 33.4 Å². The minimum absolute atomic E-state index is 0.796. The highest BCUT2D eigenvalue weighted by atomic mass is 15.2. The highest BCUT2D eigenvalue weighted by Crippen LogP contribution is 2.60. The molecule has 0 bridgehead atoms. The molecule has 6 heteroatoms. The Labute approximate surface area is 371 Å². The molecule has 9 aromatic rings. The van der Waals surface area contributed by atoms with E-state index in [1.807, 2.05) is 48.5 Å². The molecule has 3 aliphatic carbocycles. The molecule has 3 unspecified atom stereocenters. The van der Waals surface area contributed by atoms with E-state index in [2.05, 4.69) is 188 Å². The topological polar surface area (TPSA) is 57.6 Å². The fraction of sp³-hybridized carbons (Fsp3) is 0.0862. The highest BCUT2D eigenvalue weighted by Gasteiger charge is 2.58. The first-order chi connectivity index (χ1) is 31.5. The predicted octanol–water partition coefficient (Wildman–Crippen LogP) is 10.9. The van der Waals surface area contributed by atoms with Gasteiger partial charge in [0.15, 0.2) is 7.05 Å². The van der Waals surface area contributed by atoms with Gasteiger partial charge in [0, 0.05) is 52.6 Å². The van der Waals surface area contributed by atoms with E-state index in [1.54, 1.807) is 0 Å². The summed E-state index contributed by atoms with van der Waals surface area (Å²) >= 11 is 0. The number of aryl methyl sites for hydroxylation is 1. The molecule has 5 aromatic carbocycles. The summed E-state index contributed by atoms with van der Waals surface area (Å²) < 4.78 is 4.20. The second kappa shape index (κ2) is 13.4. The zero-order valence-corrected chi connectivity index (χ0v) is 35.3. The van der Waals surface area contributed by atoms with Crippen molar-refractivity contribution in [3.63, 3.8) is 0 Å². The van der Waals surface area contributed by atoms with Gasteiger partial charge in [0.1, 0.15) is 11.1 Å². The Kier molecular flexibility index (Phi) is 7.64. The van der Waals surface area contributed by atoms with Gasteiger partial charge in [-0.15, -0.1) is 0 Å². The van der Waals surface area contributed by atoms with Crippen LogP contribution in [0.4, 0.5) is 0 Å². The van der Waals surface area contributed by atoms with Crippen molar-refractivity contribution < 1.29 is 9.15 Å². The molecule has 0 saturated heterocycles. The Hall–Kier alpha value is -8.18. The molecule has 0 amide bonds. The average Bonchev–Trinajstić information content (AvgIpc) is 4.09. The predicted molar refractivity (Wildman–Crippen MR) is 249 cm³/mol. The molecule has 4 aliphatic rings. The number of nitrogens with zero attached hydrogens (tertiary/aromatic N) is 6. The van der Waals surface area contributed by atoms with Crippen LogP contribution in [0.2, 0.25) is 0 Å². The summed E-state index contributed by atoms with van der Waals surface area (Å²) in [5.74, 6) is 0. The first-order valence-corrected chi connectivity index (χ1v) is 21.8. The van der Waals surface area contributed by atoms with Gasteiger partial charge in [0.05, 0.1) is 22.5 Å². The second-order valence-corrected chi connectivity index (χ2v) is 17.3. The minimum Gasteiger partial charge on any atom is -0.260 e. The third kappa shape index (κ3) is 4.59. The van der Waals surface area contributed by atoms with E-state index in [1.165, 1.54) is 27.8 Å². The molecular formula is C58H40N6+2. The maximum Gasteiger partial charge on any atom is 0.490 e. The molecule has 0 saturated carbocycles. The molecule has 1 aliphatic heterocycles. The number of hydrogen-bond acceptors (Lipinski definition) is 4. The summed E-state index contributed by atoms with van der Waals surface area (Å²) in [5.41, 5.74) is 17.4. The SMILES string of the molecule is Cc1ccnc(C2(c3cccc(C4(c5cccc(C6([N+]7=C=[N+](C)C=C7)c7ccccc7-c7cccnc76)c5)c5ccccc5-c5cccnc54)c3)c3ccccc3-c3cccnc32)c1. The molecule has 0 N–H and O–H groups in total. The van der Waals surface area contributed by atoms with E-state index < -0.39 is 16.4 Å². The number of fused-ring (bicyclic) bond motifs is 9. The van der Waals surface area contributed by atoms with Crippen molar-refractivity contribution in [2.45, 2.75) is 23.3 Å². The maximum absolute atomic E-state index is 5.39. The number of rotatable bonds is 6. The van der Waals surface area contributed by atoms with Gasteiger partial charge >= 0.3 is 6.01 Å². The van der Waals surface area contributed by atoms with Gasteiger partial charge in [0.25, 0.3) is 5.54 Å². The molecule has 0 radical (unpaired) electrons. The lowest BCUT2D eigenvalue weighted by Gasteiger charge is -2.36. The zero-order chi connectivity index (χ0) is 42.6. The summed E-state index contributed by atoms with van der Waals surface area (Å²) in [6, 6.07) is 65.5. The molecule has 4 aromatic heterocycles. The molecule has 13 rings (SSSR count). The lowest BCUT2D eigenvalue weighted by Crippen LogP contribution is -2.39. The summed E-state index contributed by atoms with van der Waals surface area (Å²) in [6.45, 7) is 2.14. The fourth-order valence-corrected chi connectivity index (χ4v) is 11.7. The summed E-state index contributed by atoms with van der Waals surface area (Å²) in [5, 5.41) is 0. The van der Waals surface area contributed by atoms with Crippen LogP contribution < -0.4 is 0 Å². The van der Waals surface area contributed by atoms with E-state index in [0.29, 0.717) is 0 Å². The van der Waals surface area contributed by atoms with Crippen LogP contribution in [0.3, 0.4) is 0 Å². The molecule has 3 atom stereocenters. The molecule has 0 spiro atoms. The van der Waals surface area contributed by atoms with E-state index in [9.17, 15) is 0 Å². The maximum atomic E-state index is 5.39. The standard InChI is InChI=1S/C58H40N6/c1-38-27-31-59-52(34-38)57(50-25-7-4-19-44(50)47-22-12-29-61-54(47)57)41-16-9-14-39(35-41)56(49-24-6-3-18-43(49)46-21-11-28-60-53(46)56)40-15-10-17-42(36-40)58(64-33-32-63(2)37-64)51-26-8-5-20-45(51)48-23-13-30-62-55(48)58/h3-36H,1-2H3/q+2. The smallest absolute Gasteiger partial charge is 0.260 e. The number of aromatic nitrogens is 4. The van der Waals surface area contributed by atoms with Gasteiger partial charge in [-0.1, -0.05) is 143 Å². The number of pyridine rings is 4. The number of benzene rings is 5. The van der Waals surface area contributed by atoms with Crippen molar-refractivity contribution in [2.24, 2.45) is 0 Å². The van der Waals surface area contributed by atoms with Gasteiger partial charge in [-0.3, -0.25) is 19.9 Å². The van der Waals surface area contributed by atoms with Gasteiger partial charge in [-0.2, -0.15) is 0 Å². The van der Waals surface area contributed by atoms with Crippen LogP contribution in [0.5, 0.6) is 0 Å². The summed E-state index contributed by atoms with van der Waals surface area (Å²) in [4.78, 5) is 21.1. The minimum atomic E-state index is -0.831. The molecule has 0 fully saturated rings. The quantitative estimate of drug-likeness (QED) is 0.157. The van der Waals surface area contributed by atoms with Crippen LogP contribution in [-0.4, -0.2) is 42.1 Å². The van der Waals surface area contributed by atoms with Crippen LogP contribution in [-0.2, 0) is 16.4 Å². The normalized spacial score (nSPS) is 20.4. The molecule has 300 valence electrons. The van der Waals surface area contributed by atoms with E-state index in [0.717, 1.165) is 72.8 Å². The van der Waals surface area contributed by atoms with Crippen molar-refractivity contribution in [1.29, 1.82) is 0 Å². The summed E-state index contributed by atoms with van der Waals surface area (Å²) in [6.07, 6.45) is 11.9. The van der Waals surface area contributed by atoms with Crippen molar-refractivity contribution in [2.75, 3.05) is 7.05 Å². The Morgan fingerprint density at radius 2 is 0.891 bits per heavy atom. The summed E-state index contributed by atoms with van der Waals surface area (Å²) in [7, 11) is 2.02. The monoisotopic (exact) mass is 820 g/mol. The average molecular weight is 821 g/mol. The largest absolute Gasteiger partial charge is 0.490 e. The highest BCUT2D eigenvalue weighted by molar-refractivity contribution is 5.87. The Bertz CT molecular complexity index is 3420. The van der Waals surface area contributed by atoms with Crippen LogP contribution in [0.15, 0.2) is 207 Å². The van der Waals surface area contributed by atoms with Crippen LogP contribution in [0, 0.1) is 6.92 Å². The van der Waals surface area contributed by atoms with Crippen molar-refractivity contribution in [3.8, 4) is 33.4 Å². The van der Waals surface area contributed by atoms with Crippen LogP contribution >= 0.6 is 0 Å². The first-order valence-electron chi connectivity index (χ1n) is 21.8.